The lowest BCUT2D eigenvalue weighted by Crippen LogP contribution is -2.29. The quantitative estimate of drug-likeness (QED) is 0.784. The molecule has 0 spiro atoms. The van der Waals surface area contributed by atoms with Crippen LogP contribution in [0.1, 0.15) is 24.6 Å². The van der Waals surface area contributed by atoms with Crippen molar-refractivity contribution in [2.24, 2.45) is 5.92 Å². The molecule has 0 saturated carbocycles. The van der Waals surface area contributed by atoms with Crippen LogP contribution in [-0.4, -0.2) is 18.2 Å². The second-order valence-electron chi connectivity index (χ2n) is 4.05. The number of piperidine rings is 1. The maximum atomic E-state index is 14.1. The van der Waals surface area contributed by atoms with Crippen molar-refractivity contribution in [3.8, 4) is 5.75 Å². The summed E-state index contributed by atoms with van der Waals surface area (Å²) in [5, 5.41) is 12.8. The monoisotopic (exact) mass is 209 g/mol. The van der Waals surface area contributed by atoms with Gasteiger partial charge >= 0.3 is 0 Å². The summed E-state index contributed by atoms with van der Waals surface area (Å²) >= 11 is 0. The van der Waals surface area contributed by atoms with Crippen LogP contribution in [0.15, 0.2) is 24.3 Å². The summed E-state index contributed by atoms with van der Waals surface area (Å²) in [4.78, 5) is 0. The van der Waals surface area contributed by atoms with Crippen molar-refractivity contribution in [2.45, 2.75) is 19.0 Å². The van der Waals surface area contributed by atoms with Crippen LogP contribution < -0.4 is 5.32 Å². The molecule has 0 amide bonds. The van der Waals surface area contributed by atoms with Gasteiger partial charge in [0.1, 0.15) is 11.9 Å². The molecule has 1 aliphatic heterocycles. The molecule has 0 bridgehead atoms. The molecule has 1 unspecified atom stereocenters. The summed E-state index contributed by atoms with van der Waals surface area (Å²) in [6, 6.07) is 6.70. The molecule has 0 aliphatic carbocycles. The molecule has 0 radical (unpaired) electrons. The molecule has 1 atom stereocenters. The highest BCUT2D eigenvalue weighted by atomic mass is 19.1. The fourth-order valence-electron chi connectivity index (χ4n) is 2.11. The molecule has 82 valence electrons. The zero-order valence-electron chi connectivity index (χ0n) is 8.62. The van der Waals surface area contributed by atoms with Crippen LogP contribution in [0.5, 0.6) is 5.75 Å². The molecule has 1 saturated heterocycles. The highest BCUT2D eigenvalue weighted by molar-refractivity contribution is 5.34. The second kappa shape index (κ2) is 4.62. The minimum absolute atomic E-state index is 0.0412. The Labute approximate surface area is 89.1 Å². The Morgan fingerprint density at radius 2 is 1.93 bits per heavy atom. The van der Waals surface area contributed by atoms with E-state index in [1.54, 1.807) is 24.3 Å². The normalized spacial score (nSPS) is 20.1. The van der Waals surface area contributed by atoms with Crippen LogP contribution in [0.2, 0.25) is 0 Å². The van der Waals surface area contributed by atoms with E-state index in [2.05, 4.69) is 5.32 Å². The molecule has 1 aromatic rings. The van der Waals surface area contributed by atoms with Crippen molar-refractivity contribution in [1.29, 1.82) is 0 Å². The van der Waals surface area contributed by atoms with Gasteiger partial charge in [0.15, 0.2) is 0 Å². The number of alkyl halides is 1. The predicted molar refractivity (Wildman–Crippen MR) is 57.5 cm³/mol. The van der Waals surface area contributed by atoms with Crippen LogP contribution in [0.4, 0.5) is 4.39 Å². The number of phenols is 1. The van der Waals surface area contributed by atoms with Gasteiger partial charge in [-0.1, -0.05) is 18.2 Å². The number of halogens is 1. The average molecular weight is 209 g/mol. The zero-order chi connectivity index (χ0) is 10.7. The van der Waals surface area contributed by atoms with Gasteiger partial charge in [-0.25, -0.2) is 4.39 Å². The molecule has 2 N–H and O–H groups in total. The van der Waals surface area contributed by atoms with E-state index in [0.717, 1.165) is 25.9 Å². The van der Waals surface area contributed by atoms with Gasteiger partial charge in [-0.05, 0) is 37.9 Å². The number of rotatable bonds is 2. The van der Waals surface area contributed by atoms with Gasteiger partial charge in [0, 0.05) is 5.56 Å². The van der Waals surface area contributed by atoms with E-state index in [1.165, 1.54) is 0 Å². The summed E-state index contributed by atoms with van der Waals surface area (Å²) in [5.74, 6) is 0.114. The molecule has 0 aromatic heterocycles. The molecule has 1 aromatic carbocycles. The van der Waals surface area contributed by atoms with Gasteiger partial charge in [-0.2, -0.15) is 0 Å². The number of nitrogens with one attached hydrogen (secondary N) is 1. The fraction of sp³-hybridized carbons (Fsp3) is 0.500. The van der Waals surface area contributed by atoms with E-state index >= 15 is 0 Å². The minimum atomic E-state index is -1.03. The number of benzene rings is 1. The Bertz CT molecular complexity index is 323. The predicted octanol–water partition coefficient (Wildman–Crippen LogP) is 2.40. The first-order chi connectivity index (χ1) is 7.29. The van der Waals surface area contributed by atoms with Crippen molar-refractivity contribution < 1.29 is 9.50 Å². The first-order valence-electron chi connectivity index (χ1n) is 5.41. The third kappa shape index (κ3) is 2.29. The summed E-state index contributed by atoms with van der Waals surface area (Å²) in [6.45, 7) is 1.75. The Morgan fingerprint density at radius 3 is 2.60 bits per heavy atom. The molecule has 3 heteroatoms. The standard InChI is InChI=1S/C12H16FNO/c13-12(9-5-7-14-8-6-9)10-3-1-2-4-11(10)15/h1-4,9,12,14-15H,5-8H2. The number of para-hydroxylation sites is 1. The third-order valence-electron chi connectivity index (χ3n) is 3.03. The van der Waals surface area contributed by atoms with E-state index in [9.17, 15) is 9.50 Å². The lowest BCUT2D eigenvalue weighted by molar-refractivity contribution is 0.186. The van der Waals surface area contributed by atoms with Crippen LogP contribution in [0, 0.1) is 5.92 Å². The van der Waals surface area contributed by atoms with Crippen molar-refractivity contribution in [3.63, 3.8) is 0 Å². The number of aromatic hydroxyl groups is 1. The Morgan fingerprint density at radius 1 is 1.27 bits per heavy atom. The molecular formula is C12H16FNO. The van der Waals surface area contributed by atoms with Gasteiger partial charge < -0.3 is 10.4 Å². The molecule has 2 nitrogen and oxygen atoms in total. The van der Waals surface area contributed by atoms with Crippen LogP contribution in [0.3, 0.4) is 0 Å². The van der Waals surface area contributed by atoms with E-state index in [0.29, 0.717) is 5.56 Å². The van der Waals surface area contributed by atoms with Crippen molar-refractivity contribution in [3.05, 3.63) is 29.8 Å². The molecule has 1 heterocycles. The van der Waals surface area contributed by atoms with Crippen LogP contribution in [-0.2, 0) is 0 Å². The maximum Gasteiger partial charge on any atom is 0.132 e. The average Bonchev–Trinajstić information content (AvgIpc) is 2.30. The second-order valence-corrected chi connectivity index (χ2v) is 4.05. The Kier molecular flexibility index (Phi) is 3.21. The summed E-state index contributed by atoms with van der Waals surface area (Å²) in [7, 11) is 0. The molecule has 2 rings (SSSR count). The van der Waals surface area contributed by atoms with E-state index in [-0.39, 0.29) is 11.7 Å². The number of phenolic OH excluding ortho intramolecular Hbond substituents is 1. The van der Waals surface area contributed by atoms with Gasteiger partial charge in [-0.15, -0.1) is 0 Å². The maximum absolute atomic E-state index is 14.1. The SMILES string of the molecule is Oc1ccccc1C(F)C1CCNCC1. The van der Waals surface area contributed by atoms with E-state index in [4.69, 9.17) is 0 Å². The fourth-order valence-corrected chi connectivity index (χ4v) is 2.11. The minimum Gasteiger partial charge on any atom is -0.508 e. The first-order valence-corrected chi connectivity index (χ1v) is 5.41. The van der Waals surface area contributed by atoms with E-state index in [1.807, 2.05) is 0 Å². The Hall–Kier alpha value is -1.09. The lowest BCUT2D eigenvalue weighted by Gasteiger charge is -2.26. The largest absolute Gasteiger partial charge is 0.508 e. The molecular weight excluding hydrogens is 193 g/mol. The summed E-state index contributed by atoms with van der Waals surface area (Å²) in [5.41, 5.74) is 0.435. The van der Waals surface area contributed by atoms with Gasteiger partial charge in [0.25, 0.3) is 0 Å². The van der Waals surface area contributed by atoms with E-state index < -0.39 is 6.17 Å². The van der Waals surface area contributed by atoms with Gasteiger partial charge in [0.2, 0.25) is 0 Å². The number of hydrogen-bond donors (Lipinski definition) is 2. The topological polar surface area (TPSA) is 32.3 Å². The first kappa shape index (κ1) is 10.4. The molecule has 1 aliphatic rings. The smallest absolute Gasteiger partial charge is 0.132 e. The van der Waals surface area contributed by atoms with Crippen LogP contribution in [0.25, 0.3) is 0 Å². The highest BCUT2D eigenvalue weighted by Crippen LogP contribution is 2.36. The number of hydrogen-bond acceptors (Lipinski definition) is 2. The lowest BCUT2D eigenvalue weighted by atomic mass is 9.89. The van der Waals surface area contributed by atoms with Gasteiger partial charge in [0.05, 0.1) is 0 Å². The van der Waals surface area contributed by atoms with Crippen molar-refractivity contribution in [1.82, 2.24) is 5.32 Å². The molecule has 15 heavy (non-hydrogen) atoms. The van der Waals surface area contributed by atoms with Crippen molar-refractivity contribution >= 4 is 0 Å². The Balaban J connectivity index is 2.12. The van der Waals surface area contributed by atoms with Gasteiger partial charge in [-0.3, -0.25) is 0 Å². The summed E-state index contributed by atoms with van der Waals surface area (Å²) in [6.07, 6.45) is 0.652. The van der Waals surface area contributed by atoms with Crippen molar-refractivity contribution in [2.75, 3.05) is 13.1 Å². The third-order valence-corrected chi connectivity index (χ3v) is 3.03. The highest BCUT2D eigenvalue weighted by Gasteiger charge is 2.26. The molecule has 1 fully saturated rings. The zero-order valence-corrected chi connectivity index (χ0v) is 8.62. The summed E-state index contributed by atoms with van der Waals surface area (Å²) < 4.78 is 14.1. The van der Waals surface area contributed by atoms with Crippen LogP contribution >= 0.6 is 0 Å².